The molecular weight excluding hydrogens is 478 g/mol. The van der Waals surface area contributed by atoms with Crippen molar-refractivity contribution >= 4 is 28.1 Å². The Labute approximate surface area is 204 Å². The summed E-state index contributed by atoms with van der Waals surface area (Å²) in [5, 5.41) is 7.83. The molecule has 0 aliphatic carbocycles. The Morgan fingerprint density at radius 1 is 1.29 bits per heavy atom. The van der Waals surface area contributed by atoms with Gasteiger partial charge < -0.3 is 14.8 Å². The number of halogens is 2. The number of nitrogens with zero attached hydrogens (tertiary/aromatic N) is 3. The predicted octanol–water partition coefficient (Wildman–Crippen LogP) is 3.59. The number of carbonyl (C=O) groups excluding carboxylic acids is 1. The fourth-order valence-corrected chi connectivity index (χ4v) is 5.76. The van der Waals surface area contributed by atoms with E-state index >= 15 is 0 Å². The quantitative estimate of drug-likeness (QED) is 0.511. The summed E-state index contributed by atoms with van der Waals surface area (Å²) >= 11 is 0. The Morgan fingerprint density at radius 3 is 2.63 bits per heavy atom. The van der Waals surface area contributed by atoms with Crippen molar-refractivity contribution in [1.82, 2.24) is 20.1 Å². The highest BCUT2D eigenvalue weighted by atomic mass is 32.2. The number of aromatic nitrogens is 3. The number of hydrogen-bond acceptors (Lipinski definition) is 7. The van der Waals surface area contributed by atoms with E-state index in [1.807, 2.05) is 11.7 Å². The first-order chi connectivity index (χ1) is 16.8. The van der Waals surface area contributed by atoms with Crippen LogP contribution >= 0.6 is 0 Å². The van der Waals surface area contributed by atoms with Crippen LogP contribution in [-0.2, 0) is 15.5 Å². The third-order valence-electron chi connectivity index (χ3n) is 6.14. The van der Waals surface area contributed by atoms with Crippen molar-refractivity contribution in [2.24, 2.45) is 0 Å². The van der Waals surface area contributed by atoms with Crippen LogP contribution in [0.15, 0.2) is 36.5 Å². The molecule has 4 heterocycles. The van der Waals surface area contributed by atoms with E-state index in [-0.39, 0.29) is 17.3 Å². The molecule has 2 aliphatic rings. The van der Waals surface area contributed by atoms with E-state index < -0.39 is 17.4 Å². The molecule has 5 rings (SSSR count). The zero-order valence-electron chi connectivity index (χ0n) is 19.6. The molecule has 0 spiro atoms. The number of rotatable bonds is 6. The van der Waals surface area contributed by atoms with Crippen LogP contribution in [0.1, 0.15) is 36.2 Å². The van der Waals surface area contributed by atoms with Crippen LogP contribution in [0.5, 0.6) is 5.75 Å². The molecule has 11 heteroatoms. The fraction of sp³-hybridized carbons (Fsp3) is 0.458. The summed E-state index contributed by atoms with van der Waals surface area (Å²) in [7, 11) is 1.39. The second-order valence-electron chi connectivity index (χ2n) is 8.84. The third-order valence-corrected chi connectivity index (χ3v) is 8.05. The van der Waals surface area contributed by atoms with E-state index in [1.54, 1.807) is 18.2 Å². The van der Waals surface area contributed by atoms with Gasteiger partial charge in [-0.3, -0.25) is 18.7 Å². The number of ether oxygens (including phenoxy) is 2. The van der Waals surface area contributed by atoms with Gasteiger partial charge in [0.15, 0.2) is 6.29 Å². The summed E-state index contributed by atoms with van der Waals surface area (Å²) in [5.74, 6) is 1.70. The van der Waals surface area contributed by atoms with Crippen molar-refractivity contribution in [1.29, 1.82) is 0 Å². The van der Waals surface area contributed by atoms with Gasteiger partial charge in [-0.05, 0) is 45.0 Å². The molecule has 35 heavy (non-hydrogen) atoms. The topological polar surface area (TPSA) is 95.3 Å². The van der Waals surface area contributed by atoms with E-state index in [9.17, 15) is 17.8 Å². The Morgan fingerprint density at radius 2 is 2.03 bits per heavy atom. The van der Waals surface area contributed by atoms with E-state index in [4.69, 9.17) is 9.84 Å². The number of nitrogens with one attached hydrogen (secondary N) is 1. The van der Waals surface area contributed by atoms with Crippen LogP contribution in [0.2, 0.25) is 0 Å². The Bertz CT molecular complexity index is 1210. The molecule has 0 saturated carbocycles. The normalized spacial score (nSPS) is 22.4. The number of alkyl halides is 2. The minimum Gasteiger partial charge on any atom is -0.435 e. The summed E-state index contributed by atoms with van der Waals surface area (Å²) in [6.45, 7) is 0.471. The first-order valence-electron chi connectivity index (χ1n) is 11.3. The third kappa shape index (κ3) is 5.91. The van der Waals surface area contributed by atoms with Crippen molar-refractivity contribution in [3.63, 3.8) is 0 Å². The van der Waals surface area contributed by atoms with Crippen LogP contribution < -0.4 is 10.1 Å². The van der Waals surface area contributed by atoms with Gasteiger partial charge in [-0.25, -0.2) is 0 Å². The lowest BCUT2D eigenvalue weighted by atomic mass is 10.1. The smallest absolute Gasteiger partial charge is 0.387 e. The minimum atomic E-state index is -2.90. The first kappa shape index (κ1) is 25.3. The van der Waals surface area contributed by atoms with Gasteiger partial charge in [-0.2, -0.15) is 13.9 Å². The van der Waals surface area contributed by atoms with Crippen LogP contribution in [0, 0.1) is 0 Å². The summed E-state index contributed by atoms with van der Waals surface area (Å²) in [5.41, 5.74) is 3.18. The second-order valence-corrected chi connectivity index (χ2v) is 10.3. The lowest BCUT2D eigenvalue weighted by molar-refractivity contribution is -0.0498. The van der Waals surface area contributed by atoms with Crippen LogP contribution in [0.3, 0.4) is 0 Å². The van der Waals surface area contributed by atoms with E-state index in [1.165, 1.54) is 18.3 Å². The molecule has 0 unspecified atom stereocenters. The van der Waals surface area contributed by atoms with Gasteiger partial charge in [-0.1, -0.05) is 12.1 Å². The van der Waals surface area contributed by atoms with Gasteiger partial charge in [0.05, 0.1) is 11.6 Å². The molecule has 0 atom stereocenters. The Balaban J connectivity index is 0.000000308. The number of pyridine rings is 1. The highest BCUT2D eigenvalue weighted by molar-refractivity contribution is 7.86. The molecule has 0 bridgehead atoms. The summed E-state index contributed by atoms with van der Waals surface area (Å²) in [6, 6.07) is 8.25. The van der Waals surface area contributed by atoms with Crippen LogP contribution in [-0.4, -0.2) is 69.2 Å². The molecule has 2 aromatic heterocycles. The SMILES string of the molecule is CNC1(C)CS(=O)C1.O=Cc1cnc2c(-c3cccc(OC(F)F)c3)nn(C3CCOCC3)c2c1. The lowest BCUT2D eigenvalue weighted by Crippen LogP contribution is -2.58. The van der Waals surface area contributed by atoms with E-state index in [0.29, 0.717) is 35.6 Å². The average Bonchev–Trinajstić information content (AvgIpc) is 3.22. The largest absolute Gasteiger partial charge is 0.435 e. The number of carbonyl (C=O) groups is 1. The highest BCUT2D eigenvalue weighted by Gasteiger charge is 2.36. The van der Waals surface area contributed by atoms with Gasteiger partial charge >= 0.3 is 6.61 Å². The van der Waals surface area contributed by atoms with Gasteiger partial charge in [0.2, 0.25) is 0 Å². The van der Waals surface area contributed by atoms with Crippen molar-refractivity contribution < 1.29 is 27.3 Å². The van der Waals surface area contributed by atoms with Gasteiger partial charge in [-0.15, -0.1) is 0 Å². The zero-order valence-corrected chi connectivity index (χ0v) is 20.4. The van der Waals surface area contributed by atoms with Crippen LogP contribution in [0.25, 0.3) is 22.3 Å². The van der Waals surface area contributed by atoms with E-state index in [2.05, 4.69) is 22.0 Å². The predicted molar refractivity (Wildman–Crippen MR) is 129 cm³/mol. The summed E-state index contributed by atoms with van der Waals surface area (Å²) in [6.07, 6.45) is 3.82. The molecule has 2 aliphatic heterocycles. The standard InChI is InChI=1S/C19H17F2N3O3.C5H11NOS/c20-19(21)27-15-3-1-2-13(9-15)17-18-16(8-12(11-25)10-22-18)24(23-17)14-4-6-26-7-5-14;1-5(6-2)3-8(7)4-5/h1-3,8-11,14,19H,4-7H2;6H,3-4H2,1-2H3. The van der Waals surface area contributed by atoms with Crippen molar-refractivity contribution in [3.05, 3.63) is 42.1 Å². The summed E-state index contributed by atoms with van der Waals surface area (Å²) in [4.78, 5) is 15.6. The maximum atomic E-state index is 12.5. The monoisotopic (exact) mass is 506 g/mol. The molecule has 1 N–H and O–H groups in total. The van der Waals surface area contributed by atoms with E-state index in [0.717, 1.165) is 36.2 Å². The number of hydrogen-bond donors (Lipinski definition) is 1. The Hall–Kier alpha value is -2.76. The van der Waals surface area contributed by atoms with Gasteiger partial charge in [0.1, 0.15) is 17.0 Å². The fourth-order valence-electron chi connectivity index (χ4n) is 4.13. The molecule has 2 saturated heterocycles. The number of fused-ring (bicyclic) bond motifs is 1. The van der Waals surface area contributed by atoms with Gasteiger partial charge in [0.25, 0.3) is 0 Å². The molecule has 1 aromatic carbocycles. The molecule has 8 nitrogen and oxygen atoms in total. The lowest BCUT2D eigenvalue weighted by Gasteiger charge is -2.36. The number of benzene rings is 1. The highest BCUT2D eigenvalue weighted by Crippen LogP contribution is 2.33. The van der Waals surface area contributed by atoms with Crippen molar-refractivity contribution in [2.75, 3.05) is 31.8 Å². The molecule has 0 amide bonds. The maximum absolute atomic E-state index is 12.5. The average molecular weight is 507 g/mol. The molecule has 188 valence electrons. The van der Waals surface area contributed by atoms with Crippen LogP contribution in [0.4, 0.5) is 8.78 Å². The molecular formula is C24H28F2N4O4S. The van der Waals surface area contributed by atoms with Crippen molar-refractivity contribution in [3.8, 4) is 17.0 Å². The molecule has 0 radical (unpaired) electrons. The zero-order chi connectivity index (χ0) is 25.0. The molecule has 3 aromatic rings. The minimum absolute atomic E-state index is 0.0563. The van der Waals surface area contributed by atoms with Crippen molar-refractivity contribution in [2.45, 2.75) is 38.0 Å². The Kier molecular flexibility index (Phi) is 7.88. The second kappa shape index (κ2) is 10.9. The molecule has 2 fully saturated rings. The maximum Gasteiger partial charge on any atom is 0.387 e. The summed E-state index contributed by atoms with van der Waals surface area (Å²) < 4.78 is 47.4. The van der Waals surface area contributed by atoms with Gasteiger partial charge in [0, 0.05) is 58.4 Å². The number of aldehydes is 1. The first-order valence-corrected chi connectivity index (χ1v) is 12.8.